The number of hydrogen-bond acceptors (Lipinski definition) is 4. The number of nitrogens with zero attached hydrogens (tertiary/aromatic N) is 6. The van der Waals surface area contributed by atoms with E-state index in [0.29, 0.717) is 17.5 Å². The Balaban J connectivity index is 0.991. The molecule has 0 aliphatic carbocycles. The summed E-state index contributed by atoms with van der Waals surface area (Å²) in [5, 5.41) is 4.81. The normalized spacial score (nSPS) is 11.5. The van der Waals surface area contributed by atoms with Crippen LogP contribution in [0.2, 0.25) is 0 Å². The van der Waals surface area contributed by atoms with Crippen molar-refractivity contribution in [1.29, 1.82) is 0 Å². The summed E-state index contributed by atoms with van der Waals surface area (Å²) in [5.41, 5.74) is 13.9. The van der Waals surface area contributed by atoms with Crippen LogP contribution < -0.4 is 0 Å². The molecule has 62 heavy (non-hydrogen) atoms. The molecule has 0 aliphatic heterocycles. The predicted molar refractivity (Wildman–Crippen MR) is 253 cm³/mol. The zero-order valence-electron chi connectivity index (χ0n) is 33.5. The fraction of sp³-hybridized carbons (Fsp3) is 0. The number of para-hydroxylation sites is 3. The minimum absolute atomic E-state index is 0.570. The summed E-state index contributed by atoms with van der Waals surface area (Å²) in [6.45, 7) is 0. The second kappa shape index (κ2) is 14.7. The lowest BCUT2D eigenvalue weighted by Gasteiger charge is -2.12. The zero-order valence-corrected chi connectivity index (χ0v) is 33.5. The Morgan fingerprint density at radius 2 is 0.790 bits per heavy atom. The molecule has 0 unspecified atom stereocenters. The number of benzene rings is 8. The van der Waals surface area contributed by atoms with Crippen molar-refractivity contribution in [3.05, 3.63) is 219 Å². The number of pyridine rings is 1. The second-order valence-corrected chi connectivity index (χ2v) is 15.5. The van der Waals surface area contributed by atoms with Gasteiger partial charge in [-0.2, -0.15) is 0 Å². The smallest absolute Gasteiger partial charge is 0.165 e. The van der Waals surface area contributed by atoms with Gasteiger partial charge in [0.25, 0.3) is 0 Å². The Kier molecular flexibility index (Phi) is 8.38. The first-order valence-corrected chi connectivity index (χ1v) is 20.8. The van der Waals surface area contributed by atoms with E-state index in [0.717, 1.165) is 66.7 Å². The van der Waals surface area contributed by atoms with E-state index in [-0.39, 0.29) is 0 Å². The molecule has 0 spiro atoms. The first kappa shape index (κ1) is 35.5. The van der Waals surface area contributed by atoms with Gasteiger partial charge >= 0.3 is 0 Å². The van der Waals surface area contributed by atoms with Crippen molar-refractivity contribution in [1.82, 2.24) is 29.1 Å². The highest BCUT2D eigenvalue weighted by atomic mass is 15.0. The SMILES string of the molecule is c1ccc(-c2nc(-c3ccccc3)nc(-c3cncc(-c4cccc5c4c4ccccc4n5-c4cccc(-c5ccc6c7ccccc7n(-c7ccccc7)c6c5)c4)c3)n2)cc1. The molecule has 0 saturated carbocycles. The molecule has 0 fully saturated rings. The average Bonchev–Trinajstić information content (AvgIpc) is 3.87. The Bertz CT molecular complexity index is 3570. The minimum atomic E-state index is 0.570. The lowest BCUT2D eigenvalue weighted by molar-refractivity contribution is 1.07. The zero-order chi connectivity index (χ0) is 41.0. The summed E-state index contributed by atoms with van der Waals surface area (Å²) in [4.78, 5) is 19.7. The molecule has 6 nitrogen and oxygen atoms in total. The van der Waals surface area contributed by atoms with Gasteiger partial charge in [-0.1, -0.05) is 152 Å². The van der Waals surface area contributed by atoms with E-state index in [1.54, 1.807) is 0 Å². The fourth-order valence-corrected chi connectivity index (χ4v) is 9.02. The van der Waals surface area contributed by atoms with Gasteiger partial charge in [0, 0.05) is 67.6 Å². The molecular weight excluding hydrogens is 757 g/mol. The highest BCUT2D eigenvalue weighted by molar-refractivity contribution is 6.16. The molecule has 0 bridgehead atoms. The lowest BCUT2D eigenvalue weighted by Crippen LogP contribution is -2.00. The number of hydrogen-bond donors (Lipinski definition) is 0. The highest BCUT2D eigenvalue weighted by Crippen LogP contribution is 2.40. The molecule has 12 rings (SSSR count). The van der Waals surface area contributed by atoms with Crippen molar-refractivity contribution in [3.8, 4) is 67.8 Å². The standard InChI is InChI=1S/C56H36N6/c1-4-16-37(17-5-1)54-58-55(38-18-6-2-7-19-38)60-56(59-54)42-32-41(35-57-36-42)45-26-15-29-51-53(45)48-25-11-13-28-50(48)62(51)44-23-14-20-39(33-44)40-30-31-47-46-24-10-12-27-49(46)61(52(47)34-40)43-21-8-3-9-22-43/h1-36H. The van der Waals surface area contributed by atoms with Gasteiger partial charge in [0.05, 0.1) is 22.1 Å². The molecule has 6 heteroatoms. The van der Waals surface area contributed by atoms with E-state index >= 15 is 0 Å². The van der Waals surface area contributed by atoms with Crippen LogP contribution in [0.1, 0.15) is 0 Å². The summed E-state index contributed by atoms with van der Waals surface area (Å²) < 4.78 is 4.76. The number of aromatic nitrogens is 6. The fourth-order valence-electron chi connectivity index (χ4n) is 9.02. The topological polar surface area (TPSA) is 61.4 Å². The molecule has 8 aromatic carbocycles. The third kappa shape index (κ3) is 5.96. The summed E-state index contributed by atoms with van der Waals surface area (Å²) >= 11 is 0. The van der Waals surface area contributed by atoms with Crippen LogP contribution in [0.4, 0.5) is 0 Å². The molecule has 4 aromatic heterocycles. The Morgan fingerprint density at radius 1 is 0.290 bits per heavy atom. The van der Waals surface area contributed by atoms with Gasteiger partial charge in [-0.3, -0.25) is 4.98 Å². The molecule has 12 aromatic rings. The maximum Gasteiger partial charge on any atom is 0.165 e. The van der Waals surface area contributed by atoms with Crippen LogP contribution in [-0.4, -0.2) is 29.1 Å². The first-order chi connectivity index (χ1) is 30.7. The minimum Gasteiger partial charge on any atom is -0.309 e. The molecule has 0 saturated heterocycles. The Morgan fingerprint density at radius 3 is 1.52 bits per heavy atom. The average molecular weight is 793 g/mol. The van der Waals surface area contributed by atoms with Crippen LogP contribution in [0.25, 0.3) is 111 Å². The molecule has 0 amide bonds. The van der Waals surface area contributed by atoms with Gasteiger partial charge in [-0.25, -0.2) is 15.0 Å². The predicted octanol–water partition coefficient (Wildman–Crippen LogP) is 13.8. The van der Waals surface area contributed by atoms with Gasteiger partial charge in [0.1, 0.15) is 0 Å². The molecule has 0 N–H and O–H groups in total. The van der Waals surface area contributed by atoms with Crippen molar-refractivity contribution in [2.24, 2.45) is 0 Å². The summed E-state index contributed by atoms with van der Waals surface area (Å²) in [6, 6.07) is 72.6. The van der Waals surface area contributed by atoms with E-state index in [1.807, 2.05) is 73.1 Å². The lowest BCUT2D eigenvalue weighted by atomic mass is 9.99. The van der Waals surface area contributed by atoms with Gasteiger partial charge < -0.3 is 9.13 Å². The van der Waals surface area contributed by atoms with Gasteiger partial charge in [0.2, 0.25) is 0 Å². The van der Waals surface area contributed by atoms with Crippen molar-refractivity contribution in [3.63, 3.8) is 0 Å². The Labute approximate surface area is 357 Å². The highest BCUT2D eigenvalue weighted by Gasteiger charge is 2.19. The van der Waals surface area contributed by atoms with Gasteiger partial charge in [-0.05, 0) is 71.3 Å². The van der Waals surface area contributed by atoms with Crippen molar-refractivity contribution >= 4 is 43.6 Å². The van der Waals surface area contributed by atoms with Gasteiger partial charge in [0.15, 0.2) is 17.5 Å². The van der Waals surface area contributed by atoms with Crippen LogP contribution >= 0.6 is 0 Å². The van der Waals surface area contributed by atoms with Crippen LogP contribution in [0.5, 0.6) is 0 Å². The molecular formula is C56H36N6. The number of fused-ring (bicyclic) bond motifs is 6. The first-order valence-electron chi connectivity index (χ1n) is 20.8. The molecule has 4 heterocycles. The summed E-state index contributed by atoms with van der Waals surface area (Å²) in [6.07, 6.45) is 3.78. The summed E-state index contributed by atoms with van der Waals surface area (Å²) in [5.74, 6) is 1.80. The monoisotopic (exact) mass is 792 g/mol. The van der Waals surface area contributed by atoms with E-state index < -0.39 is 0 Å². The van der Waals surface area contributed by atoms with Gasteiger partial charge in [-0.15, -0.1) is 0 Å². The van der Waals surface area contributed by atoms with Crippen LogP contribution in [0.3, 0.4) is 0 Å². The van der Waals surface area contributed by atoms with Crippen molar-refractivity contribution in [2.45, 2.75) is 0 Å². The maximum absolute atomic E-state index is 5.00. The molecule has 0 atom stereocenters. The summed E-state index contributed by atoms with van der Waals surface area (Å²) in [7, 11) is 0. The molecule has 0 aliphatic rings. The van der Waals surface area contributed by atoms with E-state index in [9.17, 15) is 0 Å². The van der Waals surface area contributed by atoms with Crippen molar-refractivity contribution in [2.75, 3.05) is 0 Å². The Hall–Kier alpha value is -8.48. The largest absolute Gasteiger partial charge is 0.309 e. The number of rotatable bonds is 7. The van der Waals surface area contributed by atoms with E-state index in [2.05, 4.69) is 155 Å². The second-order valence-electron chi connectivity index (χ2n) is 15.5. The third-order valence-corrected chi connectivity index (χ3v) is 11.8. The van der Waals surface area contributed by atoms with Crippen molar-refractivity contribution < 1.29 is 0 Å². The van der Waals surface area contributed by atoms with E-state index in [4.69, 9.17) is 19.9 Å². The third-order valence-electron chi connectivity index (χ3n) is 11.8. The van der Waals surface area contributed by atoms with Crippen LogP contribution in [0, 0.1) is 0 Å². The maximum atomic E-state index is 5.00. The van der Waals surface area contributed by atoms with Crippen LogP contribution in [-0.2, 0) is 0 Å². The van der Waals surface area contributed by atoms with Crippen LogP contribution in [0.15, 0.2) is 219 Å². The molecule has 0 radical (unpaired) electrons. The molecule has 290 valence electrons. The van der Waals surface area contributed by atoms with E-state index in [1.165, 1.54) is 27.2 Å². The quantitative estimate of drug-likeness (QED) is 0.161.